The van der Waals surface area contributed by atoms with E-state index in [2.05, 4.69) is 4.98 Å². The number of aromatic nitrogens is 1. The summed E-state index contributed by atoms with van der Waals surface area (Å²) in [5.74, 6) is -0.143. The summed E-state index contributed by atoms with van der Waals surface area (Å²) in [5.41, 5.74) is 4.95. The van der Waals surface area contributed by atoms with Crippen LogP contribution in [0.5, 0.6) is 5.88 Å². The Morgan fingerprint density at radius 1 is 1.77 bits per heavy atom. The highest BCUT2D eigenvalue weighted by Gasteiger charge is 2.16. The van der Waals surface area contributed by atoms with Gasteiger partial charge in [-0.05, 0) is 0 Å². The number of ether oxygens (including phenoxy) is 1. The van der Waals surface area contributed by atoms with Crippen LogP contribution in [0.3, 0.4) is 0 Å². The van der Waals surface area contributed by atoms with Crippen molar-refractivity contribution in [2.45, 2.75) is 0 Å². The third-order valence-electron chi connectivity index (χ3n) is 1.34. The minimum Gasteiger partial charge on any atom is -0.480 e. The normalized spacial score (nSPS) is 9.69. The lowest BCUT2D eigenvalue weighted by atomic mass is 10.4. The molecular weight excluding hydrogens is 198 g/mol. The van der Waals surface area contributed by atoms with E-state index >= 15 is 0 Å². The second-order valence-electron chi connectivity index (χ2n) is 2.14. The fourth-order valence-corrected chi connectivity index (χ4v) is 0.988. The average molecular weight is 204 g/mol. The summed E-state index contributed by atoms with van der Waals surface area (Å²) in [5, 5.41) is 10.4. The Kier molecular flexibility index (Phi) is 2.52. The molecule has 0 aromatic carbocycles. The van der Waals surface area contributed by atoms with Gasteiger partial charge in [-0.25, -0.2) is 0 Å². The maximum absolute atomic E-state index is 10.4. The molecule has 1 heterocycles. The van der Waals surface area contributed by atoms with Crippen LogP contribution < -0.4 is 10.5 Å². The molecule has 0 atom stereocenters. The summed E-state index contributed by atoms with van der Waals surface area (Å²) in [4.78, 5) is 13.3. The predicted molar refractivity (Wildman–Crippen MR) is 46.9 cm³/mol. The number of nitrogen functional groups attached to an aromatic ring is 1. The van der Waals surface area contributed by atoms with Crippen molar-refractivity contribution in [2.75, 3.05) is 12.8 Å². The van der Waals surface area contributed by atoms with Gasteiger partial charge in [-0.1, -0.05) is 11.6 Å². The van der Waals surface area contributed by atoms with Crippen molar-refractivity contribution in [2.24, 2.45) is 0 Å². The van der Waals surface area contributed by atoms with Crippen LogP contribution in [0.1, 0.15) is 0 Å². The second kappa shape index (κ2) is 3.44. The molecule has 0 aliphatic heterocycles. The molecule has 1 rings (SSSR count). The highest BCUT2D eigenvalue weighted by atomic mass is 35.5. The van der Waals surface area contributed by atoms with Crippen molar-refractivity contribution in [3.63, 3.8) is 0 Å². The molecule has 0 fully saturated rings. The van der Waals surface area contributed by atoms with Crippen LogP contribution in [-0.4, -0.2) is 17.0 Å². The smallest absolute Gasteiger partial charge is 0.312 e. The van der Waals surface area contributed by atoms with Crippen LogP contribution in [0.15, 0.2) is 6.07 Å². The Hall–Kier alpha value is -1.56. The SMILES string of the molecule is COc1nc(N)c([N+](=O)[O-])cc1Cl. The van der Waals surface area contributed by atoms with E-state index < -0.39 is 4.92 Å². The largest absolute Gasteiger partial charge is 0.480 e. The van der Waals surface area contributed by atoms with E-state index in [-0.39, 0.29) is 22.4 Å². The summed E-state index contributed by atoms with van der Waals surface area (Å²) in [6, 6.07) is 1.10. The molecular formula is C6H6ClN3O3. The Bertz CT molecular complexity index is 355. The first-order valence-electron chi connectivity index (χ1n) is 3.20. The molecule has 2 N–H and O–H groups in total. The zero-order valence-corrected chi connectivity index (χ0v) is 7.41. The summed E-state index contributed by atoms with van der Waals surface area (Å²) in [7, 11) is 1.35. The zero-order chi connectivity index (χ0) is 10.0. The summed E-state index contributed by atoms with van der Waals surface area (Å²) < 4.78 is 4.71. The van der Waals surface area contributed by atoms with Crippen molar-refractivity contribution >= 4 is 23.1 Å². The maximum Gasteiger partial charge on any atom is 0.312 e. The Morgan fingerprint density at radius 3 is 2.85 bits per heavy atom. The number of anilines is 1. The van der Waals surface area contributed by atoms with E-state index in [9.17, 15) is 10.1 Å². The van der Waals surface area contributed by atoms with Gasteiger partial charge in [0.05, 0.1) is 12.0 Å². The number of hydrogen-bond acceptors (Lipinski definition) is 5. The second-order valence-corrected chi connectivity index (χ2v) is 2.55. The lowest BCUT2D eigenvalue weighted by Crippen LogP contribution is -2.00. The maximum atomic E-state index is 10.4. The minimum atomic E-state index is -0.659. The summed E-state index contributed by atoms with van der Waals surface area (Å²) in [6.07, 6.45) is 0. The average Bonchev–Trinajstić information content (AvgIpc) is 2.07. The van der Waals surface area contributed by atoms with Crippen LogP contribution in [-0.2, 0) is 0 Å². The molecule has 0 saturated heterocycles. The van der Waals surface area contributed by atoms with E-state index in [4.69, 9.17) is 22.1 Å². The van der Waals surface area contributed by atoms with Gasteiger partial charge in [0.1, 0.15) is 5.02 Å². The molecule has 13 heavy (non-hydrogen) atoms. The molecule has 0 aliphatic carbocycles. The third-order valence-corrected chi connectivity index (χ3v) is 1.61. The Balaban J connectivity index is 3.28. The van der Waals surface area contributed by atoms with Crippen molar-refractivity contribution < 1.29 is 9.66 Å². The molecule has 1 aromatic heterocycles. The van der Waals surface area contributed by atoms with Gasteiger partial charge in [-0.15, -0.1) is 0 Å². The van der Waals surface area contributed by atoms with Crippen LogP contribution in [0.4, 0.5) is 11.5 Å². The fraction of sp³-hybridized carbons (Fsp3) is 0.167. The molecule has 6 nitrogen and oxygen atoms in total. The van der Waals surface area contributed by atoms with Crippen LogP contribution in [0.25, 0.3) is 0 Å². The first-order chi connectivity index (χ1) is 6.06. The topological polar surface area (TPSA) is 91.3 Å². The lowest BCUT2D eigenvalue weighted by molar-refractivity contribution is -0.384. The van der Waals surface area contributed by atoms with Crippen molar-refractivity contribution in [1.82, 2.24) is 4.98 Å². The molecule has 0 radical (unpaired) electrons. The van der Waals surface area contributed by atoms with Gasteiger partial charge in [0, 0.05) is 6.07 Å². The lowest BCUT2D eigenvalue weighted by Gasteiger charge is -2.02. The standard InChI is InChI=1S/C6H6ClN3O3/c1-13-6-3(7)2-4(10(11)12)5(8)9-6/h2H,1H3,(H2,8,9). The van der Waals surface area contributed by atoms with Crippen LogP contribution >= 0.6 is 11.6 Å². The first kappa shape index (κ1) is 9.53. The summed E-state index contributed by atoms with van der Waals surface area (Å²) >= 11 is 5.60. The molecule has 0 spiro atoms. The summed E-state index contributed by atoms with van der Waals surface area (Å²) in [6.45, 7) is 0. The number of pyridine rings is 1. The van der Waals surface area contributed by atoms with Crippen LogP contribution in [0, 0.1) is 10.1 Å². The quantitative estimate of drug-likeness (QED) is 0.577. The highest BCUT2D eigenvalue weighted by molar-refractivity contribution is 6.32. The van der Waals surface area contributed by atoms with Gasteiger partial charge in [0.2, 0.25) is 11.7 Å². The molecule has 70 valence electrons. The van der Waals surface area contributed by atoms with Crippen molar-refractivity contribution in [1.29, 1.82) is 0 Å². The third kappa shape index (κ3) is 1.78. The number of nitrogens with zero attached hydrogens (tertiary/aromatic N) is 2. The minimum absolute atomic E-state index is 0.0587. The molecule has 0 saturated carbocycles. The predicted octanol–water partition coefficient (Wildman–Crippen LogP) is 1.23. The van der Waals surface area contributed by atoms with E-state index in [1.54, 1.807) is 0 Å². The van der Waals surface area contributed by atoms with Gasteiger partial charge in [0.15, 0.2) is 0 Å². The van der Waals surface area contributed by atoms with E-state index in [0.717, 1.165) is 6.07 Å². The van der Waals surface area contributed by atoms with E-state index in [0.29, 0.717) is 0 Å². The van der Waals surface area contributed by atoms with Crippen molar-refractivity contribution in [3.05, 3.63) is 21.2 Å². The molecule has 7 heteroatoms. The number of hydrogen-bond donors (Lipinski definition) is 1. The van der Waals surface area contributed by atoms with Gasteiger partial charge in [-0.2, -0.15) is 4.98 Å². The van der Waals surface area contributed by atoms with Crippen molar-refractivity contribution in [3.8, 4) is 5.88 Å². The monoisotopic (exact) mass is 203 g/mol. The van der Waals surface area contributed by atoms with E-state index in [1.165, 1.54) is 7.11 Å². The van der Waals surface area contributed by atoms with Crippen LogP contribution in [0.2, 0.25) is 5.02 Å². The number of nitrogens with two attached hydrogens (primary N) is 1. The van der Waals surface area contributed by atoms with Gasteiger partial charge >= 0.3 is 5.69 Å². The number of rotatable bonds is 2. The molecule has 0 bridgehead atoms. The van der Waals surface area contributed by atoms with E-state index in [1.807, 2.05) is 0 Å². The van der Waals surface area contributed by atoms with Gasteiger partial charge in [0.25, 0.3) is 0 Å². The molecule has 0 unspecified atom stereocenters. The van der Waals surface area contributed by atoms with Gasteiger partial charge < -0.3 is 10.5 Å². The Labute approximate surface area is 78.4 Å². The molecule has 0 aliphatic rings. The highest BCUT2D eigenvalue weighted by Crippen LogP contribution is 2.30. The Morgan fingerprint density at radius 2 is 2.38 bits per heavy atom. The number of methoxy groups -OCH3 is 1. The molecule has 0 amide bonds. The van der Waals surface area contributed by atoms with Gasteiger partial charge in [-0.3, -0.25) is 10.1 Å². The number of halogens is 1. The first-order valence-corrected chi connectivity index (χ1v) is 3.58. The fourth-order valence-electron chi connectivity index (χ4n) is 0.765. The number of nitro groups is 1. The zero-order valence-electron chi connectivity index (χ0n) is 6.65. The molecule has 1 aromatic rings.